The second kappa shape index (κ2) is 48.9. The minimum Gasteiger partial charge on any atom is -0.462 e. The van der Waals surface area contributed by atoms with Crippen molar-refractivity contribution in [2.24, 2.45) is 5.73 Å². The highest BCUT2D eigenvalue weighted by molar-refractivity contribution is 5.79. The number of aliphatic hydroxyl groups excluding tert-OH is 2. The molecule has 1 amide bonds. The second-order valence-corrected chi connectivity index (χ2v) is 22.8. The molecule has 0 saturated carbocycles. The first-order valence-electron chi connectivity index (χ1n) is 32.3. The quantitative estimate of drug-likeness (QED) is 0.0271. The molecule has 0 aromatic heterocycles. The number of carbonyl (C=O) groups is 5. The molecule has 0 aliphatic carbocycles. The predicted molar refractivity (Wildman–Crippen MR) is 316 cm³/mol. The molecule has 0 spiro atoms. The maximum absolute atomic E-state index is 14.0. The first-order chi connectivity index (χ1) is 38.9. The van der Waals surface area contributed by atoms with Crippen molar-refractivity contribution in [1.29, 1.82) is 0 Å². The molecule has 2 rings (SSSR count). The highest BCUT2D eigenvalue weighted by Crippen LogP contribution is 2.26. The highest BCUT2D eigenvalue weighted by atomic mass is 16.7. The zero-order valence-electron chi connectivity index (χ0n) is 50.7. The lowest BCUT2D eigenvalue weighted by atomic mass is 9.97. The molecule has 462 valence electrons. The van der Waals surface area contributed by atoms with Gasteiger partial charge in [-0.15, -0.1) is 0 Å². The van der Waals surface area contributed by atoms with Gasteiger partial charge in [-0.25, -0.2) is 0 Å². The summed E-state index contributed by atoms with van der Waals surface area (Å²) in [6, 6.07) is 6.95. The first-order valence-corrected chi connectivity index (χ1v) is 32.3. The van der Waals surface area contributed by atoms with Gasteiger partial charge in [0.2, 0.25) is 5.91 Å². The van der Waals surface area contributed by atoms with Gasteiger partial charge >= 0.3 is 23.9 Å². The number of amides is 1. The van der Waals surface area contributed by atoms with Crippen LogP contribution in [-0.4, -0.2) is 102 Å². The number of benzene rings is 1. The van der Waals surface area contributed by atoms with Gasteiger partial charge in [-0.2, -0.15) is 0 Å². The van der Waals surface area contributed by atoms with Crippen LogP contribution in [0.4, 0.5) is 0 Å². The number of nitrogens with one attached hydrogen (secondary N) is 1. The topological polar surface area (TPSA) is 219 Å². The second-order valence-electron chi connectivity index (χ2n) is 22.8. The van der Waals surface area contributed by atoms with Gasteiger partial charge in [-0.1, -0.05) is 238 Å². The van der Waals surface area contributed by atoms with Gasteiger partial charge in [-0.05, 0) is 44.1 Å². The number of esters is 4. The van der Waals surface area contributed by atoms with Crippen molar-refractivity contribution in [2.45, 2.75) is 334 Å². The Hall–Kier alpha value is -3.63. The predicted octanol–water partition coefficient (Wildman–Crippen LogP) is 13.7. The van der Waals surface area contributed by atoms with Crippen LogP contribution >= 0.6 is 0 Å². The number of unbranched alkanes of at least 4 members (excludes halogenated alkanes) is 28. The fourth-order valence-corrected chi connectivity index (χ4v) is 10.3. The SMILES string of the molecule is CCCCCCCCCCC[C@H](CC(=O)N[C@@H](CO[C@@H]1O[C@H](CO)[C@@H](O)[C@H](OC(=O)C[C@@H](CCCCCCCCCCC)OC(=O)CCCCCCCCC)[C@H]1N)CC(=O)OCc1ccccc1)OC(=O)CCCCCCCCC. The maximum atomic E-state index is 14.0. The molecule has 1 aromatic carbocycles. The van der Waals surface area contributed by atoms with E-state index < -0.39 is 73.3 Å². The highest BCUT2D eigenvalue weighted by Gasteiger charge is 2.47. The summed E-state index contributed by atoms with van der Waals surface area (Å²) in [5, 5.41) is 24.6. The van der Waals surface area contributed by atoms with Gasteiger partial charge in [0.15, 0.2) is 12.4 Å². The van der Waals surface area contributed by atoms with Gasteiger partial charge in [0.25, 0.3) is 0 Å². The van der Waals surface area contributed by atoms with E-state index in [2.05, 4.69) is 33.0 Å². The molecule has 1 aliphatic heterocycles. The van der Waals surface area contributed by atoms with Crippen molar-refractivity contribution in [3.63, 3.8) is 0 Å². The van der Waals surface area contributed by atoms with Crippen molar-refractivity contribution >= 4 is 29.8 Å². The maximum Gasteiger partial charge on any atom is 0.309 e. The smallest absolute Gasteiger partial charge is 0.309 e. The fraction of sp³-hybridized carbons (Fsp3) is 0.831. The molecule has 15 nitrogen and oxygen atoms in total. The zero-order valence-corrected chi connectivity index (χ0v) is 50.7. The molecule has 8 atom stereocenters. The molecular weight excluding hydrogens is 1020 g/mol. The van der Waals surface area contributed by atoms with Gasteiger partial charge in [0.05, 0.1) is 44.6 Å². The number of nitrogens with two attached hydrogens (primary N) is 1. The van der Waals surface area contributed by atoms with Crippen molar-refractivity contribution in [2.75, 3.05) is 13.2 Å². The molecule has 15 heteroatoms. The number of aliphatic hydroxyl groups is 2. The van der Waals surface area contributed by atoms with Crippen LogP contribution in [0.25, 0.3) is 0 Å². The molecule has 1 saturated heterocycles. The Morgan fingerprint density at radius 2 is 0.975 bits per heavy atom. The summed E-state index contributed by atoms with van der Waals surface area (Å²) >= 11 is 0. The van der Waals surface area contributed by atoms with E-state index in [0.29, 0.717) is 19.3 Å². The van der Waals surface area contributed by atoms with Crippen LogP contribution in [0.3, 0.4) is 0 Å². The summed E-state index contributed by atoms with van der Waals surface area (Å²) in [7, 11) is 0. The molecule has 0 bridgehead atoms. The molecule has 0 unspecified atom stereocenters. The molecule has 0 radical (unpaired) electrons. The van der Waals surface area contributed by atoms with Gasteiger partial charge in [-0.3, -0.25) is 24.0 Å². The van der Waals surface area contributed by atoms with Crippen LogP contribution in [0.15, 0.2) is 30.3 Å². The third kappa shape index (κ3) is 36.8. The lowest BCUT2D eigenvalue weighted by molar-refractivity contribution is -0.270. The van der Waals surface area contributed by atoms with E-state index in [1.165, 1.54) is 103 Å². The molecule has 1 fully saturated rings. The molecule has 5 N–H and O–H groups in total. The number of hydrogen-bond donors (Lipinski definition) is 4. The summed E-state index contributed by atoms with van der Waals surface area (Å²) in [4.78, 5) is 67.5. The summed E-state index contributed by atoms with van der Waals surface area (Å²) in [5.41, 5.74) is 7.45. The van der Waals surface area contributed by atoms with E-state index in [4.69, 9.17) is 34.2 Å². The third-order valence-corrected chi connectivity index (χ3v) is 15.3. The Labute approximate surface area is 484 Å². The van der Waals surface area contributed by atoms with Gasteiger partial charge < -0.3 is 49.7 Å². The minimum atomic E-state index is -1.53. The standard InChI is InChI=1S/C65H114N2O13/c1-5-9-13-17-21-23-27-29-36-42-54(77-58(70)44-38-31-25-19-15-11-7-3)47-57(69)67-53(46-60(72)75-50-52-40-34-33-35-41-52)51-76-65-62(66)64(63(74)56(49-68)79-65)80-61(73)48-55(43-37-30-28-24-22-18-14-10-6-2)78-59(71)45-39-32-26-20-16-12-8-4/h33-35,40-41,53-56,62-65,68,74H,5-32,36-39,42-51,66H2,1-4H3,(H,67,69)/t53-,54-,55-,56-,62-,63-,64-,65-/m1/s1. The Kier molecular flexibility index (Phi) is 44.3. The monoisotopic (exact) mass is 1130 g/mol. The Balaban J connectivity index is 2.20. The summed E-state index contributed by atoms with van der Waals surface area (Å²) < 4.78 is 35.5. The van der Waals surface area contributed by atoms with Crippen molar-refractivity contribution < 1.29 is 62.6 Å². The molecular formula is C65H114N2O13. The summed E-state index contributed by atoms with van der Waals surface area (Å²) in [6.07, 6.45) is 28.8. The van der Waals surface area contributed by atoms with Crippen molar-refractivity contribution in [1.82, 2.24) is 5.32 Å². The zero-order chi connectivity index (χ0) is 58.3. The van der Waals surface area contributed by atoms with Gasteiger partial charge in [0.1, 0.15) is 31.0 Å². The van der Waals surface area contributed by atoms with Crippen LogP contribution in [0.5, 0.6) is 0 Å². The molecule has 80 heavy (non-hydrogen) atoms. The minimum absolute atomic E-state index is 0.00880. The van der Waals surface area contributed by atoms with Crippen molar-refractivity contribution in [3.8, 4) is 0 Å². The van der Waals surface area contributed by atoms with Crippen LogP contribution in [0.2, 0.25) is 0 Å². The average molecular weight is 1130 g/mol. The number of carbonyl (C=O) groups excluding carboxylic acids is 5. The Bertz CT molecular complexity index is 1700. The Morgan fingerprint density at radius 1 is 0.550 bits per heavy atom. The van der Waals surface area contributed by atoms with Crippen molar-refractivity contribution in [3.05, 3.63) is 35.9 Å². The fourth-order valence-electron chi connectivity index (χ4n) is 10.3. The normalized spacial score (nSPS) is 18.3. The van der Waals surface area contributed by atoms with E-state index in [-0.39, 0.29) is 57.3 Å². The number of hydrogen-bond acceptors (Lipinski definition) is 14. The van der Waals surface area contributed by atoms with Crippen LogP contribution < -0.4 is 11.1 Å². The lowest BCUT2D eigenvalue weighted by Crippen LogP contribution is -2.64. The van der Waals surface area contributed by atoms with Crippen LogP contribution in [0, 0.1) is 0 Å². The van der Waals surface area contributed by atoms with E-state index in [0.717, 1.165) is 102 Å². The van der Waals surface area contributed by atoms with E-state index >= 15 is 0 Å². The molecule has 1 aromatic rings. The average Bonchev–Trinajstić information content (AvgIpc) is 3.44. The molecule has 1 aliphatic rings. The summed E-state index contributed by atoms with van der Waals surface area (Å²) in [6.45, 7) is 7.81. The Morgan fingerprint density at radius 3 is 1.43 bits per heavy atom. The third-order valence-electron chi connectivity index (χ3n) is 15.3. The van der Waals surface area contributed by atoms with E-state index in [1.807, 2.05) is 30.3 Å². The molecule has 1 heterocycles. The first kappa shape index (κ1) is 72.5. The van der Waals surface area contributed by atoms with Gasteiger partial charge in [0, 0.05) is 12.8 Å². The van der Waals surface area contributed by atoms with E-state index in [1.54, 1.807) is 0 Å². The lowest BCUT2D eigenvalue weighted by Gasteiger charge is -2.42. The summed E-state index contributed by atoms with van der Waals surface area (Å²) in [5.74, 6) is -2.49. The number of rotatable bonds is 52. The van der Waals surface area contributed by atoms with Crippen LogP contribution in [0.1, 0.15) is 284 Å². The number of ether oxygens (including phenoxy) is 6. The van der Waals surface area contributed by atoms with Crippen LogP contribution in [-0.2, 0) is 59.0 Å². The largest absolute Gasteiger partial charge is 0.462 e. The van der Waals surface area contributed by atoms with E-state index in [9.17, 15) is 34.2 Å².